The van der Waals surface area contributed by atoms with Crippen molar-refractivity contribution in [3.8, 4) is 11.5 Å². The Morgan fingerprint density at radius 2 is 1.65 bits per heavy atom. The van der Waals surface area contributed by atoms with Crippen molar-refractivity contribution in [3.05, 3.63) is 84.1 Å². The van der Waals surface area contributed by atoms with Crippen LogP contribution in [0.3, 0.4) is 0 Å². The number of hydrogen-bond donors (Lipinski definition) is 0. The number of imidazole rings is 1. The van der Waals surface area contributed by atoms with E-state index >= 15 is 0 Å². The van der Waals surface area contributed by atoms with Gasteiger partial charge in [0.2, 0.25) is 0 Å². The zero-order chi connectivity index (χ0) is 15.6. The third-order valence-electron chi connectivity index (χ3n) is 3.98. The fourth-order valence-corrected chi connectivity index (χ4v) is 2.80. The topological polar surface area (TPSA) is 30.7 Å². The van der Waals surface area contributed by atoms with Crippen LogP contribution in [0.1, 0.15) is 11.1 Å². The van der Waals surface area contributed by atoms with Crippen molar-refractivity contribution in [2.24, 2.45) is 0 Å². The van der Waals surface area contributed by atoms with Gasteiger partial charge in [-0.15, -0.1) is 0 Å². The zero-order valence-electron chi connectivity index (χ0n) is 13.0. The number of aromatic nitrogens is 3. The van der Waals surface area contributed by atoms with Gasteiger partial charge >= 0.3 is 0 Å². The van der Waals surface area contributed by atoms with E-state index in [1.807, 2.05) is 31.3 Å². The maximum Gasteiger partial charge on any atom is 0.160 e. The van der Waals surface area contributed by atoms with E-state index in [9.17, 15) is 0 Å². The van der Waals surface area contributed by atoms with Gasteiger partial charge in [-0.05, 0) is 36.2 Å². The van der Waals surface area contributed by atoms with Gasteiger partial charge in [0, 0.05) is 12.7 Å². The fraction of sp³-hybridized carbons (Fsp3) is 0.100. The fourth-order valence-electron chi connectivity index (χ4n) is 2.80. The van der Waals surface area contributed by atoms with E-state index < -0.39 is 0 Å². The molecule has 0 saturated heterocycles. The van der Waals surface area contributed by atoms with Crippen molar-refractivity contribution in [2.75, 3.05) is 0 Å². The van der Waals surface area contributed by atoms with Crippen molar-refractivity contribution in [1.29, 1.82) is 0 Å². The average Bonchev–Trinajstić information content (AvgIpc) is 2.95. The van der Waals surface area contributed by atoms with Crippen molar-refractivity contribution in [3.63, 3.8) is 0 Å². The van der Waals surface area contributed by atoms with Crippen LogP contribution in [0, 0.1) is 6.92 Å². The highest BCUT2D eigenvalue weighted by molar-refractivity contribution is 5.80. The molecule has 0 saturated carbocycles. The Morgan fingerprint density at radius 1 is 0.870 bits per heavy atom. The van der Waals surface area contributed by atoms with E-state index in [1.165, 1.54) is 5.56 Å². The first-order chi connectivity index (χ1) is 11.3. The van der Waals surface area contributed by atoms with Crippen LogP contribution in [-0.4, -0.2) is 14.5 Å². The molecular weight excluding hydrogens is 282 g/mol. The highest BCUT2D eigenvalue weighted by Gasteiger charge is 2.13. The van der Waals surface area contributed by atoms with Gasteiger partial charge in [-0.2, -0.15) is 0 Å². The second kappa shape index (κ2) is 5.69. The molecular formula is C20H17N3. The molecule has 0 radical (unpaired) electrons. The average molecular weight is 299 g/mol. The van der Waals surface area contributed by atoms with E-state index in [-0.39, 0.29) is 0 Å². The minimum atomic E-state index is 0.784. The number of fused-ring (bicyclic) bond motifs is 1. The summed E-state index contributed by atoms with van der Waals surface area (Å²) in [5.74, 6) is 0.912. The molecule has 3 heteroatoms. The molecule has 0 aliphatic heterocycles. The summed E-state index contributed by atoms with van der Waals surface area (Å²) in [6.07, 6.45) is 1.89. The largest absolute Gasteiger partial charge is 0.318 e. The molecule has 2 aromatic heterocycles. The summed E-state index contributed by atoms with van der Waals surface area (Å²) in [7, 11) is 0. The number of para-hydroxylation sites is 2. The quantitative estimate of drug-likeness (QED) is 0.559. The highest BCUT2D eigenvalue weighted by atomic mass is 15.1. The summed E-state index contributed by atoms with van der Waals surface area (Å²) in [5.41, 5.74) is 5.45. The first kappa shape index (κ1) is 13.7. The van der Waals surface area contributed by atoms with Crippen molar-refractivity contribution in [1.82, 2.24) is 14.5 Å². The van der Waals surface area contributed by atoms with Gasteiger partial charge in [-0.25, -0.2) is 4.98 Å². The van der Waals surface area contributed by atoms with Gasteiger partial charge < -0.3 is 4.57 Å². The number of pyridine rings is 1. The van der Waals surface area contributed by atoms with E-state index in [0.29, 0.717) is 0 Å². The summed E-state index contributed by atoms with van der Waals surface area (Å²) in [4.78, 5) is 9.37. The Bertz CT molecular complexity index is 938. The number of benzene rings is 2. The second-order valence-corrected chi connectivity index (χ2v) is 5.72. The highest BCUT2D eigenvalue weighted by Crippen LogP contribution is 2.24. The number of nitrogens with zero attached hydrogens (tertiary/aromatic N) is 3. The van der Waals surface area contributed by atoms with Crippen LogP contribution < -0.4 is 0 Å². The Labute approximate surface area is 135 Å². The summed E-state index contributed by atoms with van der Waals surface area (Å²) >= 11 is 0. The predicted octanol–water partition coefficient (Wildman–Crippen LogP) is 4.46. The molecule has 0 N–H and O–H groups in total. The minimum absolute atomic E-state index is 0.784. The van der Waals surface area contributed by atoms with Crippen molar-refractivity contribution in [2.45, 2.75) is 13.5 Å². The normalized spacial score (nSPS) is 11.0. The molecule has 0 bridgehead atoms. The molecule has 4 rings (SSSR count). The molecule has 0 spiro atoms. The molecule has 2 heterocycles. The Hall–Kier alpha value is -2.94. The van der Waals surface area contributed by atoms with Gasteiger partial charge in [-0.3, -0.25) is 4.98 Å². The minimum Gasteiger partial charge on any atom is -0.318 e. The van der Waals surface area contributed by atoms with Crippen LogP contribution in [-0.2, 0) is 6.54 Å². The molecule has 2 aromatic carbocycles. The van der Waals surface area contributed by atoms with Crippen molar-refractivity contribution >= 4 is 11.0 Å². The Balaban J connectivity index is 1.89. The van der Waals surface area contributed by atoms with Crippen molar-refractivity contribution < 1.29 is 0 Å². The molecule has 0 aliphatic rings. The first-order valence-electron chi connectivity index (χ1n) is 7.73. The maximum absolute atomic E-state index is 4.81. The molecule has 112 valence electrons. The molecule has 3 nitrogen and oxygen atoms in total. The van der Waals surface area contributed by atoms with Crippen LogP contribution in [0.5, 0.6) is 0 Å². The number of aryl methyl sites for hydroxylation is 1. The van der Waals surface area contributed by atoms with Gasteiger partial charge in [0.1, 0.15) is 5.69 Å². The molecule has 0 atom stereocenters. The predicted molar refractivity (Wildman–Crippen MR) is 93.2 cm³/mol. The summed E-state index contributed by atoms with van der Waals surface area (Å²) in [5, 5.41) is 0. The maximum atomic E-state index is 4.81. The van der Waals surface area contributed by atoms with E-state index in [0.717, 1.165) is 34.7 Å². The molecule has 0 unspecified atom stereocenters. The smallest absolute Gasteiger partial charge is 0.160 e. The molecule has 0 aliphatic carbocycles. The Kier molecular flexibility index (Phi) is 3.39. The van der Waals surface area contributed by atoms with E-state index in [4.69, 9.17) is 4.98 Å². The molecule has 0 amide bonds. The third kappa shape index (κ3) is 2.61. The van der Waals surface area contributed by atoms with E-state index in [2.05, 4.69) is 58.1 Å². The lowest BCUT2D eigenvalue weighted by molar-refractivity contribution is 0.830. The van der Waals surface area contributed by atoms with Gasteiger partial charge in [0.05, 0.1) is 11.0 Å². The SMILES string of the molecule is Cc1ccc(-c2nc3ccccc3n2Cc2ccccc2)nc1. The third-order valence-corrected chi connectivity index (χ3v) is 3.98. The van der Waals surface area contributed by atoms with Gasteiger partial charge in [-0.1, -0.05) is 48.5 Å². The van der Waals surface area contributed by atoms with E-state index in [1.54, 1.807) is 0 Å². The Morgan fingerprint density at radius 3 is 2.43 bits per heavy atom. The summed E-state index contributed by atoms with van der Waals surface area (Å²) in [6, 6.07) is 22.8. The molecule has 4 aromatic rings. The first-order valence-corrected chi connectivity index (χ1v) is 7.73. The molecule has 0 fully saturated rings. The lowest BCUT2D eigenvalue weighted by atomic mass is 10.2. The van der Waals surface area contributed by atoms with Crippen LogP contribution in [0.25, 0.3) is 22.6 Å². The number of rotatable bonds is 3. The second-order valence-electron chi connectivity index (χ2n) is 5.72. The van der Waals surface area contributed by atoms with Crippen LogP contribution in [0.15, 0.2) is 72.9 Å². The molecule has 23 heavy (non-hydrogen) atoms. The zero-order valence-corrected chi connectivity index (χ0v) is 13.0. The monoisotopic (exact) mass is 299 g/mol. The lowest BCUT2D eigenvalue weighted by Gasteiger charge is -2.09. The van der Waals surface area contributed by atoms with Gasteiger partial charge in [0.15, 0.2) is 5.82 Å². The van der Waals surface area contributed by atoms with Crippen LogP contribution in [0.2, 0.25) is 0 Å². The van der Waals surface area contributed by atoms with Gasteiger partial charge in [0.25, 0.3) is 0 Å². The standard InChI is InChI=1S/C20H17N3/c1-15-11-12-18(21-13-15)20-22-17-9-5-6-10-19(17)23(20)14-16-7-3-2-4-8-16/h2-13H,14H2,1H3. The summed E-state index contributed by atoms with van der Waals surface area (Å²) in [6.45, 7) is 2.83. The van der Waals surface area contributed by atoms with Crippen LogP contribution in [0.4, 0.5) is 0 Å². The number of hydrogen-bond acceptors (Lipinski definition) is 2. The summed E-state index contributed by atoms with van der Waals surface area (Å²) < 4.78 is 2.24. The lowest BCUT2D eigenvalue weighted by Crippen LogP contribution is -2.03. The van der Waals surface area contributed by atoms with Crippen LogP contribution >= 0.6 is 0 Å².